The van der Waals surface area contributed by atoms with Gasteiger partial charge in [0.1, 0.15) is 5.82 Å². The van der Waals surface area contributed by atoms with E-state index in [4.69, 9.17) is 44.3 Å². The van der Waals surface area contributed by atoms with Gasteiger partial charge in [0.25, 0.3) is 0 Å². The number of methoxy groups -OCH3 is 2. The number of anilines is 3. The number of alkyl halides is 3. The molecule has 48 heavy (non-hydrogen) atoms. The number of nitrogens with one attached hydrogen (secondary N) is 3. The molecule has 3 aromatic carbocycles. The van der Waals surface area contributed by atoms with Crippen LogP contribution in [0.15, 0.2) is 36.4 Å². The Labute approximate surface area is 290 Å². The number of ether oxygens (including phenoxy) is 2. The molecule has 0 aromatic heterocycles. The molecule has 3 amide bonds. The van der Waals surface area contributed by atoms with Gasteiger partial charge in [0.05, 0.1) is 24.9 Å². The van der Waals surface area contributed by atoms with Crippen LogP contribution in [0, 0.1) is 5.82 Å². The number of halogens is 7. The summed E-state index contributed by atoms with van der Waals surface area (Å²) in [7, 11) is 2.33. The minimum absolute atomic E-state index is 0.0186. The fraction of sp³-hybridized carbons (Fsp3) is 0.364. The van der Waals surface area contributed by atoms with E-state index in [0.29, 0.717) is 21.8 Å². The molecule has 0 fully saturated rings. The summed E-state index contributed by atoms with van der Waals surface area (Å²) >= 11 is 19.0. The molecular formula is C33H34Cl3F4N3O5. The van der Waals surface area contributed by atoms with Gasteiger partial charge in [-0.1, -0.05) is 62.5 Å². The number of carbonyl (C=O) groups is 3. The van der Waals surface area contributed by atoms with Gasteiger partial charge in [-0.2, -0.15) is 13.2 Å². The molecule has 15 heteroatoms. The highest BCUT2D eigenvalue weighted by molar-refractivity contribution is 6.31. The van der Waals surface area contributed by atoms with Gasteiger partial charge in [0, 0.05) is 27.0 Å². The highest BCUT2D eigenvalue weighted by atomic mass is 35.5. The number of benzene rings is 3. The average molecular weight is 735 g/mol. The van der Waals surface area contributed by atoms with Crippen LogP contribution in [0.4, 0.5) is 44.2 Å². The molecule has 0 bridgehead atoms. The highest BCUT2D eigenvalue weighted by Crippen LogP contribution is 2.41. The van der Waals surface area contributed by atoms with Crippen LogP contribution >= 0.6 is 34.8 Å². The van der Waals surface area contributed by atoms with Crippen molar-refractivity contribution in [2.75, 3.05) is 30.2 Å². The maximum Gasteiger partial charge on any atom is 0.471 e. The summed E-state index contributed by atoms with van der Waals surface area (Å²) in [5.74, 6) is -4.55. The molecule has 0 heterocycles. The van der Waals surface area contributed by atoms with Gasteiger partial charge in [0.15, 0.2) is 0 Å². The van der Waals surface area contributed by atoms with E-state index in [1.165, 1.54) is 25.3 Å². The first-order valence-corrected chi connectivity index (χ1v) is 15.7. The van der Waals surface area contributed by atoms with Crippen molar-refractivity contribution in [3.8, 4) is 0 Å². The topological polar surface area (TPSA) is 106 Å². The van der Waals surface area contributed by atoms with Crippen LogP contribution in [0.5, 0.6) is 0 Å². The number of amides is 3. The van der Waals surface area contributed by atoms with E-state index >= 15 is 4.39 Å². The SMILES string of the molecule is COC(=O)Nc1ccc(Cl)cc1C(C)Cc1cc(Cl)cc(C(C)Cc2cc(Cl)c(F)c(C(C)C)c2NC(=O)OC)c1NC(=O)C(F)(F)F. The molecule has 260 valence electrons. The van der Waals surface area contributed by atoms with Crippen molar-refractivity contribution < 1.29 is 41.4 Å². The Morgan fingerprint density at radius 3 is 1.85 bits per heavy atom. The van der Waals surface area contributed by atoms with Gasteiger partial charge in [0.2, 0.25) is 0 Å². The molecule has 3 rings (SSSR count). The summed E-state index contributed by atoms with van der Waals surface area (Å²) < 4.78 is 65.5. The van der Waals surface area contributed by atoms with Crippen LogP contribution in [0.3, 0.4) is 0 Å². The molecular weight excluding hydrogens is 701 g/mol. The quantitative estimate of drug-likeness (QED) is 0.180. The summed E-state index contributed by atoms with van der Waals surface area (Å²) in [5, 5.41) is 7.45. The molecule has 0 saturated carbocycles. The molecule has 8 nitrogen and oxygen atoms in total. The lowest BCUT2D eigenvalue weighted by molar-refractivity contribution is -0.167. The second-order valence-electron chi connectivity index (χ2n) is 11.4. The lowest BCUT2D eigenvalue weighted by Crippen LogP contribution is -2.31. The zero-order valence-electron chi connectivity index (χ0n) is 26.8. The zero-order valence-corrected chi connectivity index (χ0v) is 29.1. The van der Waals surface area contributed by atoms with Gasteiger partial charge in [-0.15, -0.1) is 0 Å². The third-order valence-electron chi connectivity index (χ3n) is 7.59. The first-order chi connectivity index (χ1) is 22.4. The maximum absolute atomic E-state index is 15.2. The fourth-order valence-electron chi connectivity index (χ4n) is 5.37. The summed E-state index contributed by atoms with van der Waals surface area (Å²) in [6.45, 7) is 6.83. The third kappa shape index (κ3) is 9.45. The van der Waals surface area contributed by atoms with Crippen LogP contribution in [-0.2, 0) is 27.1 Å². The molecule has 3 N–H and O–H groups in total. The smallest absolute Gasteiger partial charge is 0.453 e. The molecule has 2 atom stereocenters. The molecule has 0 spiro atoms. The molecule has 0 aliphatic carbocycles. The zero-order chi connectivity index (χ0) is 36.1. The van der Waals surface area contributed by atoms with Crippen molar-refractivity contribution in [1.82, 2.24) is 0 Å². The summed E-state index contributed by atoms with van der Waals surface area (Å²) in [6, 6.07) is 8.89. The molecule has 3 aromatic rings. The van der Waals surface area contributed by atoms with Gasteiger partial charge < -0.3 is 14.8 Å². The van der Waals surface area contributed by atoms with Crippen LogP contribution in [0.2, 0.25) is 15.1 Å². The predicted molar refractivity (Wildman–Crippen MR) is 179 cm³/mol. The van der Waals surface area contributed by atoms with Gasteiger partial charge in [-0.3, -0.25) is 15.4 Å². The second kappa shape index (κ2) is 16.1. The number of rotatable bonds is 10. The van der Waals surface area contributed by atoms with E-state index in [1.54, 1.807) is 45.9 Å². The molecule has 0 saturated heterocycles. The van der Waals surface area contributed by atoms with E-state index in [2.05, 4.69) is 10.6 Å². The maximum atomic E-state index is 15.2. The highest BCUT2D eigenvalue weighted by Gasteiger charge is 2.39. The predicted octanol–water partition coefficient (Wildman–Crippen LogP) is 10.5. The van der Waals surface area contributed by atoms with Crippen LogP contribution in [-0.4, -0.2) is 38.5 Å². The monoisotopic (exact) mass is 733 g/mol. The number of carbonyl (C=O) groups excluding carboxylic acids is 3. The van der Waals surface area contributed by atoms with Gasteiger partial charge in [-0.25, -0.2) is 14.0 Å². The molecule has 0 aliphatic rings. The van der Waals surface area contributed by atoms with E-state index < -0.39 is 47.8 Å². The summed E-state index contributed by atoms with van der Waals surface area (Å²) in [5.41, 5.74) is 1.83. The van der Waals surface area contributed by atoms with E-state index in [-0.39, 0.29) is 51.0 Å². The van der Waals surface area contributed by atoms with Crippen LogP contribution < -0.4 is 16.0 Å². The lowest BCUT2D eigenvalue weighted by atomic mass is 9.85. The second-order valence-corrected chi connectivity index (χ2v) is 12.7. The first-order valence-electron chi connectivity index (χ1n) is 14.6. The lowest BCUT2D eigenvalue weighted by Gasteiger charge is -2.25. The van der Waals surface area contributed by atoms with Crippen LogP contribution in [0.1, 0.15) is 73.3 Å². The molecule has 2 unspecified atom stereocenters. The summed E-state index contributed by atoms with van der Waals surface area (Å²) in [6.07, 6.45) is -6.77. The average Bonchev–Trinajstić information content (AvgIpc) is 3.00. The van der Waals surface area contributed by atoms with E-state index in [1.807, 2.05) is 5.32 Å². The Kier molecular flexibility index (Phi) is 13.0. The summed E-state index contributed by atoms with van der Waals surface area (Å²) in [4.78, 5) is 36.6. The standard InChI is InChI=1S/C33H34Cl3F4N3O5/c1-15(2)26-27(37)24(36)12-19(29(26)43-32(46)48-6)10-17(4)23-14-21(35)11-18(28(23)42-30(44)33(38,39)40)9-16(3)22-13-20(34)7-8-25(22)41-31(45)47-5/h7-8,11-17H,9-10H2,1-6H3,(H,41,45)(H,42,44)(H,43,46). The first kappa shape index (κ1) is 38.7. The van der Waals surface area contributed by atoms with E-state index in [9.17, 15) is 27.6 Å². The van der Waals surface area contributed by atoms with Gasteiger partial charge >= 0.3 is 24.3 Å². The Morgan fingerprint density at radius 2 is 1.29 bits per heavy atom. The van der Waals surface area contributed by atoms with Gasteiger partial charge in [-0.05, 0) is 89.2 Å². The largest absolute Gasteiger partial charge is 0.471 e. The Balaban J connectivity index is 2.18. The normalized spacial score (nSPS) is 12.7. The Hall–Kier alpha value is -3.74. The number of hydrogen-bond acceptors (Lipinski definition) is 5. The third-order valence-corrected chi connectivity index (χ3v) is 8.32. The Morgan fingerprint density at radius 1 is 0.750 bits per heavy atom. The van der Waals surface area contributed by atoms with Crippen molar-refractivity contribution in [2.45, 2.75) is 64.5 Å². The van der Waals surface area contributed by atoms with E-state index in [0.717, 1.165) is 7.11 Å². The van der Waals surface area contributed by atoms with Crippen molar-refractivity contribution >= 4 is 70.0 Å². The van der Waals surface area contributed by atoms with Crippen molar-refractivity contribution in [3.05, 3.63) is 85.1 Å². The fourth-order valence-corrected chi connectivity index (χ4v) is 6.04. The molecule has 0 aliphatic heterocycles. The molecule has 0 radical (unpaired) electrons. The minimum atomic E-state index is -5.22. The van der Waals surface area contributed by atoms with Crippen molar-refractivity contribution in [2.24, 2.45) is 0 Å². The minimum Gasteiger partial charge on any atom is -0.453 e. The van der Waals surface area contributed by atoms with Crippen molar-refractivity contribution in [1.29, 1.82) is 0 Å². The Bertz CT molecular complexity index is 1700. The van der Waals surface area contributed by atoms with Crippen LogP contribution in [0.25, 0.3) is 0 Å². The number of hydrogen-bond donors (Lipinski definition) is 3. The van der Waals surface area contributed by atoms with Crippen molar-refractivity contribution in [3.63, 3.8) is 0 Å².